The van der Waals surface area contributed by atoms with Crippen LogP contribution in [-0.2, 0) is 4.74 Å². The summed E-state index contributed by atoms with van der Waals surface area (Å²) in [7, 11) is 2.88. The maximum Gasteiger partial charge on any atom is 0.337 e. The number of methoxy groups -OCH3 is 2. The molecule has 7 heteroatoms. The van der Waals surface area contributed by atoms with E-state index in [-0.39, 0.29) is 11.0 Å². The molecule has 2 aromatic carbocycles. The summed E-state index contributed by atoms with van der Waals surface area (Å²) in [6.07, 6.45) is 0. The second-order valence-corrected chi connectivity index (χ2v) is 5.11. The molecular formula is C17H16N2O4S. The largest absolute Gasteiger partial charge is 0.497 e. The van der Waals surface area contributed by atoms with Crippen LogP contribution in [0, 0.1) is 0 Å². The highest BCUT2D eigenvalue weighted by atomic mass is 32.1. The Morgan fingerprint density at radius 2 is 1.50 bits per heavy atom. The molecule has 0 aliphatic rings. The Bertz CT molecular complexity index is 742. The lowest BCUT2D eigenvalue weighted by Gasteiger charge is -2.10. The average molecular weight is 344 g/mol. The normalized spacial score (nSPS) is 9.75. The summed E-state index contributed by atoms with van der Waals surface area (Å²) in [6.45, 7) is 0. The van der Waals surface area contributed by atoms with Gasteiger partial charge in [0.2, 0.25) is 0 Å². The highest BCUT2D eigenvalue weighted by Gasteiger charge is 2.10. The van der Waals surface area contributed by atoms with Crippen LogP contribution in [0.4, 0.5) is 5.69 Å². The molecule has 2 aromatic rings. The summed E-state index contributed by atoms with van der Waals surface area (Å²) in [5, 5.41) is 5.64. The third-order valence-electron chi connectivity index (χ3n) is 3.14. The predicted octanol–water partition coefficient (Wildman–Crippen LogP) is 2.61. The first-order chi connectivity index (χ1) is 11.5. The van der Waals surface area contributed by atoms with E-state index in [1.165, 1.54) is 31.4 Å². The van der Waals surface area contributed by atoms with Gasteiger partial charge in [-0.2, -0.15) is 0 Å². The monoisotopic (exact) mass is 344 g/mol. The standard InChI is InChI=1S/C17H16N2O4S/c1-22-14-9-7-13(8-10-14)18-17(24)19-15(20)11-3-5-12(6-4-11)16(21)23-2/h3-10H,1-2H3,(H2,18,19,20,24). The molecule has 0 heterocycles. The molecule has 24 heavy (non-hydrogen) atoms. The van der Waals surface area contributed by atoms with Crippen molar-refractivity contribution < 1.29 is 19.1 Å². The lowest BCUT2D eigenvalue weighted by molar-refractivity contribution is 0.0600. The number of ether oxygens (including phenoxy) is 2. The number of hydrogen-bond acceptors (Lipinski definition) is 5. The van der Waals surface area contributed by atoms with Gasteiger partial charge in [0.1, 0.15) is 5.75 Å². The van der Waals surface area contributed by atoms with E-state index in [0.717, 1.165) is 11.4 Å². The van der Waals surface area contributed by atoms with Crippen LogP contribution >= 0.6 is 12.2 Å². The molecule has 0 aliphatic carbocycles. The predicted molar refractivity (Wildman–Crippen MR) is 94.5 cm³/mol. The van der Waals surface area contributed by atoms with E-state index in [4.69, 9.17) is 17.0 Å². The van der Waals surface area contributed by atoms with Gasteiger partial charge >= 0.3 is 5.97 Å². The summed E-state index contributed by atoms with van der Waals surface area (Å²) in [6, 6.07) is 13.2. The second kappa shape index (κ2) is 8.07. The summed E-state index contributed by atoms with van der Waals surface area (Å²) in [5.74, 6) is -0.114. The lowest BCUT2D eigenvalue weighted by Crippen LogP contribution is -2.34. The third-order valence-corrected chi connectivity index (χ3v) is 3.35. The highest BCUT2D eigenvalue weighted by Crippen LogP contribution is 2.14. The van der Waals surface area contributed by atoms with Crippen molar-refractivity contribution in [3.05, 3.63) is 59.7 Å². The van der Waals surface area contributed by atoms with E-state index in [0.29, 0.717) is 11.1 Å². The molecule has 2 rings (SSSR count). The molecule has 0 aliphatic heterocycles. The fourth-order valence-corrected chi connectivity index (χ4v) is 2.10. The lowest BCUT2D eigenvalue weighted by atomic mass is 10.1. The highest BCUT2D eigenvalue weighted by molar-refractivity contribution is 7.80. The Hall–Kier alpha value is -2.93. The van der Waals surface area contributed by atoms with Crippen LogP contribution in [0.3, 0.4) is 0 Å². The smallest absolute Gasteiger partial charge is 0.337 e. The zero-order chi connectivity index (χ0) is 17.5. The number of carbonyl (C=O) groups is 2. The van der Waals surface area contributed by atoms with Crippen molar-refractivity contribution in [2.24, 2.45) is 0 Å². The van der Waals surface area contributed by atoms with Gasteiger partial charge in [0, 0.05) is 11.3 Å². The van der Waals surface area contributed by atoms with Crippen molar-refractivity contribution in [3.8, 4) is 5.75 Å². The minimum absolute atomic E-state index is 0.169. The van der Waals surface area contributed by atoms with Crippen LogP contribution in [0.5, 0.6) is 5.75 Å². The number of carbonyl (C=O) groups excluding carboxylic acids is 2. The number of benzene rings is 2. The van der Waals surface area contributed by atoms with E-state index in [9.17, 15) is 9.59 Å². The van der Waals surface area contributed by atoms with Crippen LogP contribution in [0.2, 0.25) is 0 Å². The molecule has 0 spiro atoms. The number of anilines is 1. The van der Waals surface area contributed by atoms with E-state index in [1.54, 1.807) is 31.4 Å². The molecule has 124 valence electrons. The Balaban J connectivity index is 1.95. The first-order valence-corrected chi connectivity index (χ1v) is 7.39. The maximum atomic E-state index is 12.1. The summed E-state index contributed by atoms with van der Waals surface area (Å²) < 4.78 is 9.67. The van der Waals surface area contributed by atoms with Crippen molar-refractivity contribution in [1.29, 1.82) is 0 Å². The van der Waals surface area contributed by atoms with Gasteiger partial charge in [0.25, 0.3) is 5.91 Å². The van der Waals surface area contributed by atoms with Crippen LogP contribution in [0.1, 0.15) is 20.7 Å². The van der Waals surface area contributed by atoms with E-state index < -0.39 is 5.97 Å². The van der Waals surface area contributed by atoms with Crippen LogP contribution in [0.25, 0.3) is 0 Å². The van der Waals surface area contributed by atoms with E-state index >= 15 is 0 Å². The van der Waals surface area contributed by atoms with Gasteiger partial charge < -0.3 is 14.8 Å². The maximum absolute atomic E-state index is 12.1. The van der Waals surface area contributed by atoms with E-state index in [1.807, 2.05) is 0 Å². The fraction of sp³-hybridized carbons (Fsp3) is 0.118. The molecule has 0 aromatic heterocycles. The zero-order valence-electron chi connectivity index (χ0n) is 13.2. The Morgan fingerprint density at radius 3 is 2.04 bits per heavy atom. The fourth-order valence-electron chi connectivity index (χ4n) is 1.89. The molecule has 0 bridgehead atoms. The molecule has 0 radical (unpaired) electrons. The molecule has 2 N–H and O–H groups in total. The topological polar surface area (TPSA) is 76.7 Å². The minimum atomic E-state index is -0.460. The summed E-state index contributed by atoms with van der Waals surface area (Å²) in [5.41, 5.74) is 1.47. The van der Waals surface area contributed by atoms with Crippen molar-refractivity contribution in [2.45, 2.75) is 0 Å². The molecule has 0 unspecified atom stereocenters. The second-order valence-electron chi connectivity index (χ2n) is 4.71. The minimum Gasteiger partial charge on any atom is -0.497 e. The number of thiocarbonyl (C=S) groups is 1. The molecule has 0 saturated carbocycles. The number of nitrogens with one attached hydrogen (secondary N) is 2. The molecule has 6 nitrogen and oxygen atoms in total. The van der Waals surface area contributed by atoms with Crippen molar-refractivity contribution in [3.63, 3.8) is 0 Å². The van der Waals surface area contributed by atoms with Crippen molar-refractivity contribution in [1.82, 2.24) is 5.32 Å². The van der Waals surface area contributed by atoms with Crippen LogP contribution in [-0.4, -0.2) is 31.2 Å². The third kappa shape index (κ3) is 4.53. The molecule has 0 fully saturated rings. The van der Waals surface area contributed by atoms with Crippen LogP contribution in [0.15, 0.2) is 48.5 Å². The van der Waals surface area contributed by atoms with Gasteiger partial charge in [-0.1, -0.05) is 0 Å². The van der Waals surface area contributed by atoms with Crippen molar-refractivity contribution in [2.75, 3.05) is 19.5 Å². The van der Waals surface area contributed by atoms with Crippen molar-refractivity contribution >= 4 is 34.9 Å². The van der Waals surface area contributed by atoms with Gasteiger partial charge in [-0.25, -0.2) is 4.79 Å². The number of rotatable bonds is 4. The van der Waals surface area contributed by atoms with Gasteiger partial charge in [-0.15, -0.1) is 0 Å². The zero-order valence-corrected chi connectivity index (χ0v) is 14.0. The average Bonchev–Trinajstić information content (AvgIpc) is 2.61. The molecule has 0 saturated heterocycles. The van der Waals surface area contributed by atoms with E-state index in [2.05, 4.69) is 15.4 Å². The Morgan fingerprint density at radius 1 is 0.917 bits per heavy atom. The number of hydrogen-bond donors (Lipinski definition) is 2. The van der Waals surface area contributed by atoms with Gasteiger partial charge in [0.15, 0.2) is 5.11 Å². The number of amides is 1. The Labute approximate surface area is 144 Å². The molecular weight excluding hydrogens is 328 g/mol. The van der Waals surface area contributed by atoms with Gasteiger partial charge in [0.05, 0.1) is 19.8 Å². The van der Waals surface area contributed by atoms with Gasteiger partial charge in [-0.3, -0.25) is 10.1 Å². The van der Waals surface area contributed by atoms with Crippen LogP contribution < -0.4 is 15.4 Å². The quantitative estimate of drug-likeness (QED) is 0.656. The SMILES string of the molecule is COC(=O)c1ccc(C(=O)NC(=S)Nc2ccc(OC)cc2)cc1. The summed E-state index contributed by atoms with van der Waals surface area (Å²) in [4.78, 5) is 23.5. The number of esters is 1. The van der Waals surface area contributed by atoms with Gasteiger partial charge in [-0.05, 0) is 60.7 Å². The molecule has 0 atom stereocenters. The first kappa shape index (κ1) is 17.4. The Kier molecular flexibility index (Phi) is 5.86. The first-order valence-electron chi connectivity index (χ1n) is 6.98. The summed E-state index contributed by atoms with van der Waals surface area (Å²) >= 11 is 5.11. The molecule has 1 amide bonds.